The maximum atomic E-state index is 12.7. The second kappa shape index (κ2) is 5.91. The summed E-state index contributed by atoms with van der Waals surface area (Å²) >= 11 is 1.16. The number of carbonyl (C=O) groups excluding carboxylic acids is 1. The highest BCUT2D eigenvalue weighted by molar-refractivity contribution is 7.08. The lowest BCUT2D eigenvalue weighted by atomic mass is 10.1. The van der Waals surface area contributed by atoms with Crippen molar-refractivity contribution in [3.05, 3.63) is 35.2 Å². The van der Waals surface area contributed by atoms with Crippen LogP contribution in [-0.2, 0) is 4.74 Å². The van der Waals surface area contributed by atoms with Crippen molar-refractivity contribution in [1.29, 1.82) is 0 Å². The third-order valence-electron chi connectivity index (χ3n) is 3.44. The molecule has 0 radical (unpaired) electrons. The zero-order valence-electron chi connectivity index (χ0n) is 12.0. The van der Waals surface area contributed by atoms with Gasteiger partial charge in [0, 0.05) is 18.7 Å². The van der Waals surface area contributed by atoms with E-state index >= 15 is 0 Å². The number of morpholine rings is 1. The zero-order chi connectivity index (χ0) is 14.8. The van der Waals surface area contributed by atoms with E-state index in [1.54, 1.807) is 0 Å². The fourth-order valence-corrected chi connectivity index (χ4v) is 3.26. The van der Waals surface area contributed by atoms with Gasteiger partial charge in [-0.25, -0.2) is 0 Å². The fraction of sp³-hybridized carbons (Fsp3) is 0.400. The molecule has 3 rings (SSSR count). The largest absolute Gasteiger partial charge is 0.372 e. The van der Waals surface area contributed by atoms with Gasteiger partial charge in [0.2, 0.25) is 0 Å². The van der Waals surface area contributed by atoms with Crippen molar-refractivity contribution in [3.63, 3.8) is 0 Å². The van der Waals surface area contributed by atoms with Crippen molar-refractivity contribution < 1.29 is 9.53 Å². The van der Waals surface area contributed by atoms with E-state index in [1.807, 2.05) is 49.1 Å². The summed E-state index contributed by atoms with van der Waals surface area (Å²) in [7, 11) is 0. The van der Waals surface area contributed by atoms with Crippen molar-refractivity contribution in [3.8, 4) is 11.3 Å². The molecule has 1 aliphatic rings. The van der Waals surface area contributed by atoms with E-state index in [-0.39, 0.29) is 18.1 Å². The Hall–Kier alpha value is -1.79. The number of ether oxygens (including phenoxy) is 1. The average Bonchev–Trinajstić information content (AvgIpc) is 2.95. The lowest BCUT2D eigenvalue weighted by Gasteiger charge is -2.35. The van der Waals surface area contributed by atoms with Crippen LogP contribution in [-0.4, -0.2) is 45.7 Å². The molecule has 5 nitrogen and oxygen atoms in total. The molecule has 1 aliphatic heterocycles. The maximum absolute atomic E-state index is 12.7. The van der Waals surface area contributed by atoms with Crippen LogP contribution in [0.25, 0.3) is 11.3 Å². The van der Waals surface area contributed by atoms with Crippen molar-refractivity contribution in [1.82, 2.24) is 14.5 Å². The fourth-order valence-electron chi connectivity index (χ4n) is 2.60. The van der Waals surface area contributed by atoms with Crippen molar-refractivity contribution in [2.45, 2.75) is 26.1 Å². The summed E-state index contributed by atoms with van der Waals surface area (Å²) < 4.78 is 9.64. The van der Waals surface area contributed by atoms with Crippen LogP contribution in [0.5, 0.6) is 0 Å². The SMILES string of the molecule is C[C@@H]1CN(C(=O)c2snnc2-c2ccccc2)C[C@@H](C)O1. The minimum Gasteiger partial charge on any atom is -0.372 e. The van der Waals surface area contributed by atoms with Crippen LogP contribution in [0.15, 0.2) is 30.3 Å². The highest BCUT2D eigenvalue weighted by Crippen LogP contribution is 2.26. The van der Waals surface area contributed by atoms with Crippen molar-refractivity contribution >= 4 is 17.4 Å². The number of amides is 1. The summed E-state index contributed by atoms with van der Waals surface area (Å²) in [5, 5.41) is 4.13. The Labute approximate surface area is 127 Å². The van der Waals surface area contributed by atoms with Crippen LogP contribution in [0, 0.1) is 0 Å². The number of benzene rings is 1. The monoisotopic (exact) mass is 303 g/mol. The van der Waals surface area contributed by atoms with Crippen molar-refractivity contribution in [2.24, 2.45) is 0 Å². The van der Waals surface area contributed by atoms with Gasteiger partial charge in [0.15, 0.2) is 0 Å². The first-order chi connectivity index (χ1) is 10.1. The molecule has 2 aromatic rings. The molecule has 0 unspecified atom stereocenters. The molecule has 0 saturated carbocycles. The molecule has 2 heterocycles. The topological polar surface area (TPSA) is 55.3 Å². The van der Waals surface area contributed by atoms with Gasteiger partial charge in [0.05, 0.1) is 12.2 Å². The Bertz CT molecular complexity index is 619. The third-order valence-corrected chi connectivity index (χ3v) is 4.15. The lowest BCUT2D eigenvalue weighted by Crippen LogP contribution is -2.48. The number of aromatic nitrogens is 2. The van der Waals surface area contributed by atoms with Gasteiger partial charge in [-0.15, -0.1) is 5.10 Å². The first-order valence-electron chi connectivity index (χ1n) is 6.97. The molecule has 1 aromatic carbocycles. The minimum absolute atomic E-state index is 0.00847. The molecular formula is C15H17N3O2S. The summed E-state index contributed by atoms with van der Waals surface area (Å²) in [6.07, 6.45) is 0.109. The maximum Gasteiger partial charge on any atom is 0.268 e. The second-order valence-corrected chi connectivity index (χ2v) is 6.04. The summed E-state index contributed by atoms with van der Waals surface area (Å²) in [6, 6.07) is 9.69. The molecule has 1 saturated heterocycles. The van der Waals surface area contributed by atoms with Crippen LogP contribution in [0.3, 0.4) is 0 Å². The molecule has 0 spiro atoms. The lowest BCUT2D eigenvalue weighted by molar-refractivity contribution is -0.0584. The molecule has 1 aromatic heterocycles. The number of hydrogen-bond acceptors (Lipinski definition) is 5. The highest BCUT2D eigenvalue weighted by Gasteiger charge is 2.29. The van der Waals surface area contributed by atoms with E-state index in [0.29, 0.717) is 23.7 Å². The summed E-state index contributed by atoms with van der Waals surface area (Å²) in [4.78, 5) is 15.2. The molecule has 110 valence electrons. The summed E-state index contributed by atoms with van der Waals surface area (Å²) in [6.45, 7) is 5.18. The molecule has 6 heteroatoms. The number of nitrogens with zero attached hydrogens (tertiary/aromatic N) is 3. The van der Waals surface area contributed by atoms with E-state index in [2.05, 4.69) is 9.59 Å². The average molecular weight is 303 g/mol. The van der Waals surface area contributed by atoms with Gasteiger partial charge in [-0.2, -0.15) is 0 Å². The minimum atomic E-state index is -0.00847. The van der Waals surface area contributed by atoms with E-state index in [4.69, 9.17) is 4.74 Å². The predicted molar refractivity (Wildman–Crippen MR) is 81.3 cm³/mol. The van der Waals surface area contributed by atoms with Gasteiger partial charge >= 0.3 is 0 Å². The summed E-state index contributed by atoms with van der Waals surface area (Å²) in [5.41, 5.74) is 1.58. The van der Waals surface area contributed by atoms with Crippen LogP contribution in [0.4, 0.5) is 0 Å². The van der Waals surface area contributed by atoms with Gasteiger partial charge in [-0.3, -0.25) is 4.79 Å². The molecule has 1 fully saturated rings. The molecule has 21 heavy (non-hydrogen) atoms. The van der Waals surface area contributed by atoms with Gasteiger partial charge < -0.3 is 9.64 Å². The van der Waals surface area contributed by atoms with Crippen LogP contribution < -0.4 is 0 Å². The Morgan fingerprint density at radius 1 is 1.24 bits per heavy atom. The Kier molecular flexibility index (Phi) is 3.98. The molecular weight excluding hydrogens is 286 g/mol. The van der Waals surface area contributed by atoms with Crippen LogP contribution in [0.2, 0.25) is 0 Å². The number of hydrogen-bond donors (Lipinski definition) is 0. The predicted octanol–water partition coefficient (Wildman–Crippen LogP) is 2.45. The Balaban J connectivity index is 1.88. The van der Waals surface area contributed by atoms with Gasteiger partial charge in [0.25, 0.3) is 5.91 Å². The number of rotatable bonds is 2. The van der Waals surface area contributed by atoms with E-state index in [9.17, 15) is 4.79 Å². The zero-order valence-corrected chi connectivity index (χ0v) is 12.8. The van der Waals surface area contributed by atoms with Gasteiger partial charge in [-0.1, -0.05) is 34.8 Å². The van der Waals surface area contributed by atoms with Crippen LogP contribution in [0.1, 0.15) is 23.5 Å². The molecule has 2 atom stereocenters. The summed E-state index contributed by atoms with van der Waals surface area (Å²) in [5.74, 6) is -0.00847. The first-order valence-corrected chi connectivity index (χ1v) is 7.75. The normalized spacial score (nSPS) is 22.3. The van der Waals surface area contributed by atoms with E-state index < -0.39 is 0 Å². The van der Waals surface area contributed by atoms with Gasteiger partial charge in [0.1, 0.15) is 10.6 Å². The quantitative estimate of drug-likeness (QED) is 0.855. The molecule has 0 bridgehead atoms. The Morgan fingerprint density at radius 3 is 2.57 bits per heavy atom. The highest BCUT2D eigenvalue weighted by atomic mass is 32.1. The van der Waals surface area contributed by atoms with Gasteiger partial charge in [-0.05, 0) is 25.4 Å². The van der Waals surface area contributed by atoms with Crippen LogP contribution >= 0.6 is 11.5 Å². The molecule has 1 amide bonds. The standard InChI is InChI=1S/C15H17N3O2S/c1-10-8-18(9-11(2)20-10)15(19)14-13(16-17-21-14)12-6-4-3-5-7-12/h3-7,10-11H,8-9H2,1-2H3/t10-,11-/m1/s1. The molecule has 0 N–H and O–H groups in total. The van der Waals surface area contributed by atoms with E-state index in [1.165, 1.54) is 0 Å². The smallest absolute Gasteiger partial charge is 0.268 e. The Morgan fingerprint density at radius 2 is 1.90 bits per heavy atom. The van der Waals surface area contributed by atoms with E-state index in [0.717, 1.165) is 17.1 Å². The van der Waals surface area contributed by atoms with Crippen molar-refractivity contribution in [2.75, 3.05) is 13.1 Å². The third kappa shape index (κ3) is 2.96. The first kappa shape index (κ1) is 14.2. The number of carbonyl (C=O) groups is 1. The molecule has 0 aliphatic carbocycles. The second-order valence-electron chi connectivity index (χ2n) is 5.28.